The molecule has 0 fully saturated rings. The van der Waals surface area contributed by atoms with E-state index in [9.17, 15) is 19.7 Å². The molecule has 0 radical (unpaired) electrons. The van der Waals surface area contributed by atoms with Crippen LogP contribution in [0.1, 0.15) is 20.2 Å². The molecule has 2 aromatic heterocycles. The molecular weight excluding hydrogens is 336 g/mol. The number of rotatable bonds is 4. The summed E-state index contributed by atoms with van der Waals surface area (Å²) in [6.07, 6.45) is 0. The normalized spacial score (nSPS) is 10.5. The predicted molar refractivity (Wildman–Crippen MR) is 86.5 cm³/mol. The van der Waals surface area contributed by atoms with Crippen molar-refractivity contribution in [3.05, 3.63) is 57.1 Å². The highest BCUT2D eigenvalue weighted by Gasteiger charge is 2.23. The number of esters is 1. The van der Waals surface area contributed by atoms with Gasteiger partial charge in [0.2, 0.25) is 0 Å². The second-order valence-electron chi connectivity index (χ2n) is 4.64. The Hall–Kier alpha value is -3.20. The topological polar surface area (TPSA) is 112 Å². The molecule has 0 aliphatic rings. The first-order valence-electron chi connectivity index (χ1n) is 6.66. The van der Waals surface area contributed by atoms with E-state index in [-0.39, 0.29) is 16.3 Å². The number of fused-ring (bicyclic) bond motifs is 1. The summed E-state index contributed by atoms with van der Waals surface area (Å²) >= 11 is 1.18. The van der Waals surface area contributed by atoms with E-state index in [2.05, 4.69) is 5.32 Å². The average molecular weight is 346 g/mol. The first-order valence-corrected chi connectivity index (χ1v) is 7.48. The number of furan rings is 1. The first-order chi connectivity index (χ1) is 11.5. The first kappa shape index (κ1) is 15.7. The van der Waals surface area contributed by atoms with Gasteiger partial charge in [0.05, 0.1) is 18.9 Å². The molecule has 1 aromatic carbocycles. The van der Waals surface area contributed by atoms with E-state index in [1.165, 1.54) is 24.5 Å². The van der Waals surface area contributed by atoms with Crippen LogP contribution in [0.2, 0.25) is 0 Å². The standard InChI is InChI=1S/C15H10N2O6S/c1-22-15(19)13-12(8-4-2-3-5-10(8)24-13)16-14(18)9-6-7-11(23-9)17(20)21/h2-7H,1H3,(H,16,18). The highest BCUT2D eigenvalue weighted by atomic mass is 32.1. The van der Waals surface area contributed by atoms with Gasteiger partial charge in [-0.1, -0.05) is 18.2 Å². The lowest BCUT2D eigenvalue weighted by molar-refractivity contribution is -0.402. The van der Waals surface area contributed by atoms with E-state index in [4.69, 9.17) is 9.15 Å². The Kier molecular flexibility index (Phi) is 4.00. The number of hydrogen-bond acceptors (Lipinski definition) is 7. The quantitative estimate of drug-likeness (QED) is 0.440. The minimum atomic E-state index is -0.739. The van der Waals surface area contributed by atoms with Crippen LogP contribution in [0.3, 0.4) is 0 Å². The molecule has 0 aliphatic heterocycles. The van der Waals surface area contributed by atoms with Gasteiger partial charge in [-0.15, -0.1) is 11.3 Å². The number of amides is 1. The van der Waals surface area contributed by atoms with Crippen LogP contribution >= 0.6 is 11.3 Å². The molecular formula is C15H10N2O6S. The molecule has 3 rings (SSSR count). The van der Waals surface area contributed by atoms with Crippen LogP contribution in [-0.2, 0) is 4.74 Å². The Balaban J connectivity index is 2.00. The second kappa shape index (κ2) is 6.13. The summed E-state index contributed by atoms with van der Waals surface area (Å²) in [5.41, 5.74) is 0.284. The van der Waals surface area contributed by atoms with Gasteiger partial charge in [0.25, 0.3) is 5.91 Å². The van der Waals surface area contributed by atoms with E-state index in [0.29, 0.717) is 5.39 Å². The number of methoxy groups -OCH3 is 1. The van der Waals surface area contributed by atoms with E-state index in [1.807, 2.05) is 0 Å². The molecule has 0 unspecified atom stereocenters. The van der Waals surface area contributed by atoms with Crippen LogP contribution in [0.4, 0.5) is 11.6 Å². The summed E-state index contributed by atoms with van der Waals surface area (Å²) in [6, 6.07) is 9.41. The van der Waals surface area contributed by atoms with Gasteiger partial charge in [-0.2, -0.15) is 0 Å². The zero-order valence-corrected chi connectivity index (χ0v) is 13.1. The number of carbonyl (C=O) groups is 2. The summed E-state index contributed by atoms with van der Waals surface area (Å²) in [7, 11) is 1.24. The smallest absolute Gasteiger partial charge is 0.433 e. The molecule has 3 aromatic rings. The molecule has 122 valence electrons. The third-order valence-electron chi connectivity index (χ3n) is 3.20. The molecule has 0 bridgehead atoms. The Bertz CT molecular complexity index is 958. The molecule has 0 saturated carbocycles. The molecule has 0 saturated heterocycles. The van der Waals surface area contributed by atoms with Crippen molar-refractivity contribution in [3.63, 3.8) is 0 Å². The van der Waals surface area contributed by atoms with Crippen LogP contribution in [0, 0.1) is 10.1 Å². The van der Waals surface area contributed by atoms with Gasteiger partial charge >= 0.3 is 11.9 Å². The second-order valence-corrected chi connectivity index (χ2v) is 5.70. The monoisotopic (exact) mass is 346 g/mol. The lowest BCUT2D eigenvalue weighted by Gasteiger charge is -2.04. The predicted octanol–water partition coefficient (Wildman–Crippen LogP) is 3.44. The van der Waals surface area contributed by atoms with Gasteiger partial charge < -0.3 is 14.5 Å². The highest BCUT2D eigenvalue weighted by Crippen LogP contribution is 2.36. The molecule has 1 N–H and O–H groups in total. The van der Waals surface area contributed by atoms with E-state index >= 15 is 0 Å². The molecule has 2 heterocycles. The van der Waals surface area contributed by atoms with E-state index in [0.717, 1.165) is 10.8 Å². The van der Waals surface area contributed by atoms with Gasteiger partial charge in [0, 0.05) is 10.1 Å². The lowest BCUT2D eigenvalue weighted by atomic mass is 10.2. The fourth-order valence-electron chi connectivity index (χ4n) is 2.13. The van der Waals surface area contributed by atoms with Crippen LogP contribution in [0.15, 0.2) is 40.8 Å². The van der Waals surface area contributed by atoms with Gasteiger partial charge in [-0.05, 0) is 12.1 Å². The van der Waals surface area contributed by atoms with Crippen LogP contribution in [0.5, 0.6) is 0 Å². The van der Waals surface area contributed by atoms with Crippen molar-refractivity contribution in [2.24, 2.45) is 0 Å². The van der Waals surface area contributed by atoms with Gasteiger partial charge in [-0.3, -0.25) is 14.9 Å². The Labute approximate surface area is 138 Å². The summed E-state index contributed by atoms with van der Waals surface area (Å²) in [5, 5.41) is 13.9. The summed E-state index contributed by atoms with van der Waals surface area (Å²) in [5.74, 6) is -2.05. The van der Waals surface area contributed by atoms with E-state index < -0.39 is 22.7 Å². The van der Waals surface area contributed by atoms with Crippen molar-refractivity contribution in [1.29, 1.82) is 0 Å². The van der Waals surface area contributed by atoms with Crippen molar-refractivity contribution in [2.75, 3.05) is 12.4 Å². The minimum Gasteiger partial charge on any atom is -0.465 e. The molecule has 24 heavy (non-hydrogen) atoms. The number of nitrogens with one attached hydrogen (secondary N) is 1. The minimum absolute atomic E-state index is 0.229. The van der Waals surface area contributed by atoms with Crippen LogP contribution < -0.4 is 5.32 Å². The third kappa shape index (κ3) is 2.72. The van der Waals surface area contributed by atoms with Crippen molar-refractivity contribution >= 4 is 44.9 Å². The zero-order chi connectivity index (χ0) is 17.3. The number of hydrogen-bond donors (Lipinski definition) is 1. The third-order valence-corrected chi connectivity index (χ3v) is 4.35. The van der Waals surface area contributed by atoms with Crippen molar-refractivity contribution in [3.8, 4) is 0 Å². The van der Waals surface area contributed by atoms with E-state index in [1.54, 1.807) is 24.3 Å². The van der Waals surface area contributed by atoms with Gasteiger partial charge in [0.15, 0.2) is 5.76 Å². The summed E-state index contributed by atoms with van der Waals surface area (Å²) in [6.45, 7) is 0. The fraction of sp³-hybridized carbons (Fsp3) is 0.0667. The average Bonchev–Trinajstić information content (AvgIpc) is 3.20. The Morgan fingerprint density at radius 3 is 2.67 bits per heavy atom. The number of benzene rings is 1. The van der Waals surface area contributed by atoms with Gasteiger partial charge in [-0.25, -0.2) is 4.79 Å². The van der Waals surface area contributed by atoms with Crippen LogP contribution in [-0.4, -0.2) is 23.9 Å². The molecule has 0 atom stereocenters. The Morgan fingerprint density at radius 1 is 1.25 bits per heavy atom. The number of carbonyl (C=O) groups excluding carboxylic acids is 2. The number of ether oxygens (including phenoxy) is 1. The maximum Gasteiger partial charge on any atom is 0.433 e. The summed E-state index contributed by atoms with van der Waals surface area (Å²) in [4.78, 5) is 34.3. The largest absolute Gasteiger partial charge is 0.465 e. The van der Waals surface area contributed by atoms with Crippen molar-refractivity contribution in [2.45, 2.75) is 0 Å². The maximum absolute atomic E-state index is 12.3. The molecule has 1 amide bonds. The number of thiophene rings is 1. The van der Waals surface area contributed by atoms with Crippen molar-refractivity contribution < 1.29 is 23.7 Å². The van der Waals surface area contributed by atoms with Crippen LogP contribution in [0.25, 0.3) is 10.1 Å². The molecule has 0 spiro atoms. The maximum atomic E-state index is 12.3. The SMILES string of the molecule is COC(=O)c1sc2ccccc2c1NC(=O)c1ccc([N+](=O)[O-])o1. The summed E-state index contributed by atoms with van der Waals surface area (Å²) < 4.78 is 10.4. The molecule has 8 nitrogen and oxygen atoms in total. The van der Waals surface area contributed by atoms with Crippen molar-refractivity contribution in [1.82, 2.24) is 0 Å². The molecule has 0 aliphatic carbocycles. The number of anilines is 1. The lowest BCUT2D eigenvalue weighted by Crippen LogP contribution is -2.13. The highest BCUT2D eigenvalue weighted by molar-refractivity contribution is 7.21. The Morgan fingerprint density at radius 2 is 2.00 bits per heavy atom. The number of nitrogens with zero attached hydrogens (tertiary/aromatic N) is 1. The number of nitro groups is 1. The van der Waals surface area contributed by atoms with Gasteiger partial charge in [0.1, 0.15) is 9.80 Å². The fourth-order valence-corrected chi connectivity index (χ4v) is 3.21. The molecule has 9 heteroatoms. The zero-order valence-electron chi connectivity index (χ0n) is 12.3.